The van der Waals surface area contributed by atoms with Crippen LogP contribution in [0, 0.1) is 0 Å². The van der Waals surface area contributed by atoms with Gasteiger partial charge in [0.1, 0.15) is 4.70 Å². The lowest BCUT2D eigenvalue weighted by Crippen LogP contribution is -2.45. The molecule has 45 heavy (non-hydrogen) atoms. The first kappa shape index (κ1) is 31.8. The maximum Gasteiger partial charge on any atom is 0.265 e. The molecule has 0 amide bonds. The zero-order valence-electron chi connectivity index (χ0n) is 26.4. The first-order valence-corrected chi connectivity index (χ1v) is 19.2. The molecule has 0 bridgehead atoms. The lowest BCUT2D eigenvalue weighted by molar-refractivity contribution is -0.667. The standard InChI is InChI=1S/C37H40N2O3S3/c1-5-26(24-33-38(22-13-23-45(40,41)42)35-29-16-11-9-14-27(29)18-20-31(35)43-33)25-34-39(37(6-2,7-3)8-4)36-30-17-12-10-15-28(30)19-21-32(36)44-34/h9-12,14-21,24-25H,5-8,13,22-23H2,1-4H3/p+1. The van der Waals surface area contributed by atoms with Crippen LogP contribution in [0.1, 0.15) is 64.8 Å². The van der Waals surface area contributed by atoms with Gasteiger partial charge in [-0.15, -0.1) is 0 Å². The number of rotatable bonds is 11. The molecule has 5 nitrogen and oxygen atoms in total. The number of benzene rings is 4. The zero-order valence-corrected chi connectivity index (χ0v) is 28.9. The number of thiazole rings is 1. The van der Waals surface area contributed by atoms with Crippen LogP contribution in [0.3, 0.4) is 0 Å². The fourth-order valence-electron chi connectivity index (χ4n) is 6.78. The highest BCUT2D eigenvalue weighted by atomic mass is 32.2. The number of nitrogens with zero attached hydrogens (tertiary/aromatic N) is 2. The lowest BCUT2D eigenvalue weighted by atomic mass is 9.86. The molecular formula is C37H41N2O3S3+. The SMILES string of the molecule is CCC(/C=C1\Sc2ccc3ccccc3c2N1C(CC)(CC)CC)=C\c1sc2ccc3ccccc3c2[n+]1CCCS(=O)(=O)O. The van der Waals surface area contributed by atoms with Crippen molar-refractivity contribution in [1.82, 2.24) is 0 Å². The van der Waals surface area contributed by atoms with Gasteiger partial charge in [-0.25, -0.2) is 0 Å². The summed E-state index contributed by atoms with van der Waals surface area (Å²) in [5.74, 6) is -0.263. The molecular weight excluding hydrogens is 617 g/mol. The van der Waals surface area contributed by atoms with Crippen molar-refractivity contribution in [2.24, 2.45) is 0 Å². The van der Waals surface area contributed by atoms with E-state index in [0.717, 1.165) is 51.7 Å². The van der Waals surface area contributed by atoms with Crippen LogP contribution in [-0.4, -0.2) is 24.3 Å². The summed E-state index contributed by atoms with van der Waals surface area (Å²) in [6, 6.07) is 25.9. The quantitative estimate of drug-likeness (QED) is 0.113. The predicted octanol–water partition coefficient (Wildman–Crippen LogP) is 9.99. The van der Waals surface area contributed by atoms with E-state index in [1.807, 2.05) is 23.9 Å². The van der Waals surface area contributed by atoms with E-state index in [-0.39, 0.29) is 11.3 Å². The molecule has 234 valence electrons. The third-order valence-corrected chi connectivity index (χ3v) is 12.4. The lowest BCUT2D eigenvalue weighted by Gasteiger charge is -2.43. The van der Waals surface area contributed by atoms with E-state index in [9.17, 15) is 13.0 Å². The van der Waals surface area contributed by atoms with Crippen LogP contribution in [-0.2, 0) is 16.7 Å². The van der Waals surface area contributed by atoms with Crippen LogP contribution >= 0.6 is 23.1 Å². The van der Waals surface area contributed by atoms with Crippen molar-refractivity contribution in [2.75, 3.05) is 10.7 Å². The van der Waals surface area contributed by atoms with Gasteiger partial charge in [0, 0.05) is 28.3 Å². The van der Waals surface area contributed by atoms with Crippen LogP contribution < -0.4 is 9.47 Å². The summed E-state index contributed by atoms with van der Waals surface area (Å²) in [6.45, 7) is 9.63. The number of thioether (sulfide) groups is 1. The number of aromatic nitrogens is 1. The Balaban J connectivity index is 1.51. The monoisotopic (exact) mass is 657 g/mol. The second-order valence-corrected chi connectivity index (χ2v) is 15.5. The Bertz CT molecular complexity index is 2050. The molecule has 0 spiro atoms. The number of anilines is 1. The molecule has 2 heterocycles. The van der Waals surface area contributed by atoms with Gasteiger partial charge in [-0.1, -0.05) is 105 Å². The van der Waals surface area contributed by atoms with Gasteiger partial charge in [-0.05, 0) is 66.3 Å². The number of hydrogen-bond donors (Lipinski definition) is 1. The fourth-order valence-corrected chi connectivity index (χ4v) is 9.70. The summed E-state index contributed by atoms with van der Waals surface area (Å²) in [5, 5.41) is 7.18. The number of fused-ring (bicyclic) bond motifs is 6. The molecule has 0 fully saturated rings. The van der Waals surface area contributed by atoms with Gasteiger partial charge in [-0.3, -0.25) is 4.55 Å². The fraction of sp³-hybridized carbons (Fsp3) is 0.324. The highest BCUT2D eigenvalue weighted by Crippen LogP contribution is 2.54. The van der Waals surface area contributed by atoms with E-state index in [2.05, 4.69) is 110 Å². The maximum absolute atomic E-state index is 11.6. The summed E-state index contributed by atoms with van der Waals surface area (Å²) in [6.07, 6.45) is 8.98. The first-order chi connectivity index (χ1) is 21.7. The van der Waals surface area contributed by atoms with Crippen LogP contribution in [0.4, 0.5) is 5.69 Å². The molecule has 0 unspecified atom stereocenters. The third kappa shape index (κ3) is 6.06. The summed E-state index contributed by atoms with van der Waals surface area (Å²) >= 11 is 3.59. The Kier molecular flexibility index (Phi) is 9.12. The molecule has 8 heteroatoms. The molecule has 0 saturated heterocycles. The molecule has 0 atom stereocenters. The Labute approximate surface area is 275 Å². The molecule has 5 aromatic rings. The van der Waals surface area contributed by atoms with Gasteiger partial charge in [0.15, 0.2) is 6.54 Å². The van der Waals surface area contributed by atoms with Gasteiger partial charge >= 0.3 is 0 Å². The molecule has 0 aliphatic carbocycles. The zero-order chi connectivity index (χ0) is 31.8. The largest absolute Gasteiger partial charge is 0.328 e. The normalized spacial score (nSPS) is 15.2. The summed E-state index contributed by atoms with van der Waals surface area (Å²) in [4.78, 5) is 3.93. The molecule has 0 radical (unpaired) electrons. The Morgan fingerprint density at radius 2 is 1.53 bits per heavy atom. The second kappa shape index (κ2) is 12.9. The van der Waals surface area contributed by atoms with Crippen LogP contribution in [0.25, 0.3) is 37.8 Å². The van der Waals surface area contributed by atoms with Gasteiger partial charge < -0.3 is 4.90 Å². The van der Waals surface area contributed by atoms with Gasteiger partial charge in [0.25, 0.3) is 15.1 Å². The summed E-state index contributed by atoms with van der Waals surface area (Å²) < 4.78 is 36.1. The Morgan fingerprint density at radius 3 is 2.20 bits per heavy atom. The van der Waals surface area contributed by atoms with E-state index in [4.69, 9.17) is 0 Å². The third-order valence-electron chi connectivity index (χ3n) is 9.39. The molecule has 6 rings (SSSR count). The minimum absolute atomic E-state index is 0.000710. The Morgan fingerprint density at radius 1 is 0.889 bits per heavy atom. The predicted molar refractivity (Wildman–Crippen MR) is 193 cm³/mol. The van der Waals surface area contributed by atoms with Crippen molar-refractivity contribution in [3.8, 4) is 0 Å². The highest BCUT2D eigenvalue weighted by molar-refractivity contribution is 8.03. The molecule has 1 aromatic heterocycles. The average molecular weight is 658 g/mol. The average Bonchev–Trinajstić information content (AvgIpc) is 3.59. The van der Waals surface area contributed by atoms with Crippen LogP contribution in [0.2, 0.25) is 0 Å². The molecule has 1 aliphatic heterocycles. The van der Waals surface area contributed by atoms with E-state index in [1.54, 1.807) is 11.3 Å². The summed E-state index contributed by atoms with van der Waals surface area (Å²) in [5.41, 5.74) is 3.65. The van der Waals surface area contributed by atoms with Gasteiger partial charge in [-0.2, -0.15) is 13.0 Å². The van der Waals surface area contributed by atoms with Crippen LogP contribution in [0.15, 0.2) is 94.4 Å². The number of aryl methyl sites for hydroxylation is 1. The minimum Gasteiger partial charge on any atom is -0.328 e. The van der Waals surface area contributed by atoms with Gasteiger partial charge in [0.2, 0.25) is 5.52 Å². The minimum atomic E-state index is -4.04. The van der Waals surface area contributed by atoms with E-state index >= 15 is 0 Å². The van der Waals surface area contributed by atoms with Crippen molar-refractivity contribution in [2.45, 2.75) is 76.8 Å². The van der Waals surface area contributed by atoms with Crippen molar-refractivity contribution < 1.29 is 17.5 Å². The maximum atomic E-state index is 11.6. The summed E-state index contributed by atoms with van der Waals surface area (Å²) in [7, 11) is -4.04. The number of hydrogen-bond acceptors (Lipinski definition) is 5. The second-order valence-electron chi connectivity index (χ2n) is 11.8. The van der Waals surface area contributed by atoms with Gasteiger partial charge in [0.05, 0.1) is 21.9 Å². The topological polar surface area (TPSA) is 61.5 Å². The van der Waals surface area contributed by atoms with E-state index < -0.39 is 10.1 Å². The Hall–Kier alpha value is -3.17. The first-order valence-electron chi connectivity index (χ1n) is 15.9. The number of allylic oxidation sites excluding steroid dienone is 2. The molecule has 1 aliphatic rings. The molecule has 1 N–H and O–H groups in total. The molecule has 0 saturated carbocycles. The van der Waals surface area contributed by atoms with Crippen molar-refractivity contribution in [1.29, 1.82) is 0 Å². The molecule has 4 aromatic carbocycles. The van der Waals surface area contributed by atoms with E-state index in [1.165, 1.54) is 32.0 Å². The van der Waals surface area contributed by atoms with E-state index in [0.29, 0.717) is 13.0 Å². The highest BCUT2D eigenvalue weighted by Gasteiger charge is 2.40. The van der Waals surface area contributed by atoms with Crippen molar-refractivity contribution >= 4 is 76.7 Å². The van der Waals surface area contributed by atoms with Crippen molar-refractivity contribution in [3.63, 3.8) is 0 Å². The smallest absolute Gasteiger partial charge is 0.265 e. The van der Waals surface area contributed by atoms with Crippen molar-refractivity contribution in [3.05, 3.63) is 94.5 Å². The van der Waals surface area contributed by atoms with Crippen LogP contribution in [0.5, 0.6) is 0 Å².